The van der Waals surface area contributed by atoms with Crippen molar-refractivity contribution in [2.75, 3.05) is 7.11 Å². The third kappa shape index (κ3) is 2.31. The van der Waals surface area contributed by atoms with Gasteiger partial charge in [-0.25, -0.2) is 4.98 Å². The lowest BCUT2D eigenvalue weighted by molar-refractivity contribution is 0.412. The first kappa shape index (κ1) is 14.2. The summed E-state index contributed by atoms with van der Waals surface area (Å²) in [4.78, 5) is 4.73. The van der Waals surface area contributed by atoms with E-state index in [0.717, 1.165) is 39.5 Å². The molecule has 0 radical (unpaired) electrons. The molecule has 0 bridgehead atoms. The number of hydrogen-bond donors (Lipinski definition) is 0. The van der Waals surface area contributed by atoms with Crippen molar-refractivity contribution in [3.63, 3.8) is 0 Å². The second-order valence-corrected chi connectivity index (χ2v) is 5.36. The Morgan fingerprint density at radius 3 is 2.73 bits per heavy atom. The van der Waals surface area contributed by atoms with Gasteiger partial charge in [0.05, 0.1) is 31.0 Å². The van der Waals surface area contributed by atoms with Gasteiger partial charge in [0, 0.05) is 11.8 Å². The van der Waals surface area contributed by atoms with Gasteiger partial charge in [-0.15, -0.1) is 0 Å². The standard InChI is InChI=1S/C18H17N3O/c1-12-7-9-21-15(6-8-19)18(20-17(21)10-12)14-4-5-16(22-3)13(2)11-14/h4-5,7,9-11H,6H2,1-3H3. The maximum atomic E-state index is 9.15. The molecule has 0 aliphatic heterocycles. The number of pyridine rings is 1. The first-order valence-corrected chi connectivity index (χ1v) is 7.13. The van der Waals surface area contributed by atoms with Gasteiger partial charge in [-0.05, 0) is 55.3 Å². The van der Waals surface area contributed by atoms with E-state index in [1.54, 1.807) is 7.11 Å². The van der Waals surface area contributed by atoms with Crippen molar-refractivity contribution in [1.29, 1.82) is 5.26 Å². The van der Waals surface area contributed by atoms with Crippen LogP contribution in [-0.2, 0) is 6.42 Å². The van der Waals surface area contributed by atoms with Crippen LogP contribution in [-0.4, -0.2) is 16.5 Å². The minimum Gasteiger partial charge on any atom is -0.496 e. The first-order chi connectivity index (χ1) is 10.6. The van der Waals surface area contributed by atoms with Crippen molar-refractivity contribution in [3.8, 4) is 23.1 Å². The quantitative estimate of drug-likeness (QED) is 0.739. The van der Waals surface area contributed by atoms with E-state index in [1.807, 2.05) is 54.8 Å². The van der Waals surface area contributed by atoms with Gasteiger partial charge in [-0.3, -0.25) is 0 Å². The number of benzene rings is 1. The third-order valence-corrected chi connectivity index (χ3v) is 3.80. The molecule has 0 atom stereocenters. The van der Waals surface area contributed by atoms with Crippen LogP contribution in [0.1, 0.15) is 16.8 Å². The van der Waals surface area contributed by atoms with E-state index >= 15 is 0 Å². The van der Waals surface area contributed by atoms with Crippen molar-refractivity contribution in [2.45, 2.75) is 20.3 Å². The Bertz CT molecular complexity index is 887. The zero-order chi connectivity index (χ0) is 15.7. The third-order valence-electron chi connectivity index (χ3n) is 3.80. The predicted molar refractivity (Wildman–Crippen MR) is 86.0 cm³/mol. The van der Waals surface area contributed by atoms with Crippen LogP contribution in [0.15, 0.2) is 36.5 Å². The van der Waals surface area contributed by atoms with Crippen LogP contribution in [0.4, 0.5) is 0 Å². The molecular formula is C18H17N3O. The average Bonchev–Trinajstić information content (AvgIpc) is 2.85. The van der Waals surface area contributed by atoms with Crippen LogP contribution in [0.5, 0.6) is 5.75 Å². The van der Waals surface area contributed by atoms with E-state index < -0.39 is 0 Å². The molecule has 0 aliphatic carbocycles. The van der Waals surface area contributed by atoms with Gasteiger partial charge in [0.25, 0.3) is 0 Å². The number of nitriles is 1. The molecular weight excluding hydrogens is 274 g/mol. The van der Waals surface area contributed by atoms with Crippen LogP contribution in [0.3, 0.4) is 0 Å². The highest BCUT2D eigenvalue weighted by Gasteiger charge is 2.14. The van der Waals surface area contributed by atoms with Crippen molar-refractivity contribution in [3.05, 3.63) is 53.3 Å². The highest BCUT2D eigenvalue weighted by Crippen LogP contribution is 2.29. The average molecular weight is 291 g/mol. The second kappa shape index (κ2) is 5.53. The molecule has 0 aliphatic rings. The van der Waals surface area contributed by atoms with Gasteiger partial charge in [-0.2, -0.15) is 5.26 Å². The summed E-state index contributed by atoms with van der Waals surface area (Å²) in [5.74, 6) is 0.852. The Kier molecular flexibility index (Phi) is 3.56. The highest BCUT2D eigenvalue weighted by atomic mass is 16.5. The number of aromatic nitrogens is 2. The van der Waals surface area contributed by atoms with E-state index in [2.05, 4.69) is 6.07 Å². The molecule has 0 amide bonds. The summed E-state index contributed by atoms with van der Waals surface area (Å²) >= 11 is 0. The zero-order valence-corrected chi connectivity index (χ0v) is 12.9. The Labute approximate surface area is 129 Å². The number of methoxy groups -OCH3 is 1. The Morgan fingerprint density at radius 1 is 1.23 bits per heavy atom. The van der Waals surface area contributed by atoms with E-state index in [1.165, 1.54) is 0 Å². The minimum atomic E-state index is 0.324. The largest absolute Gasteiger partial charge is 0.496 e. The molecule has 2 aromatic heterocycles. The van der Waals surface area contributed by atoms with E-state index in [4.69, 9.17) is 15.0 Å². The van der Waals surface area contributed by atoms with Gasteiger partial charge < -0.3 is 9.14 Å². The molecule has 0 saturated heterocycles. The second-order valence-electron chi connectivity index (χ2n) is 5.36. The molecule has 22 heavy (non-hydrogen) atoms. The molecule has 0 fully saturated rings. The lowest BCUT2D eigenvalue weighted by Gasteiger charge is -2.07. The maximum absolute atomic E-state index is 9.15. The normalized spacial score (nSPS) is 10.6. The van der Waals surface area contributed by atoms with E-state index in [9.17, 15) is 0 Å². The summed E-state index contributed by atoms with van der Waals surface area (Å²) in [5, 5.41) is 9.15. The molecule has 1 aromatic carbocycles. The van der Waals surface area contributed by atoms with Crippen LogP contribution in [0.2, 0.25) is 0 Å². The minimum absolute atomic E-state index is 0.324. The lowest BCUT2D eigenvalue weighted by Crippen LogP contribution is -1.94. The van der Waals surface area contributed by atoms with Gasteiger partial charge >= 0.3 is 0 Å². The van der Waals surface area contributed by atoms with Crippen LogP contribution in [0.25, 0.3) is 16.9 Å². The number of ether oxygens (including phenoxy) is 1. The molecule has 3 aromatic rings. The van der Waals surface area contributed by atoms with Crippen molar-refractivity contribution >= 4 is 5.65 Å². The van der Waals surface area contributed by atoms with E-state index in [0.29, 0.717) is 6.42 Å². The summed E-state index contributed by atoms with van der Waals surface area (Å²) in [6.45, 7) is 4.04. The van der Waals surface area contributed by atoms with Gasteiger partial charge in [0.15, 0.2) is 0 Å². The van der Waals surface area contributed by atoms with Crippen molar-refractivity contribution in [1.82, 2.24) is 9.38 Å². The fourth-order valence-electron chi connectivity index (χ4n) is 2.70. The molecule has 2 heterocycles. The van der Waals surface area contributed by atoms with Gasteiger partial charge in [0.2, 0.25) is 0 Å². The number of fused-ring (bicyclic) bond motifs is 1. The summed E-state index contributed by atoms with van der Waals surface area (Å²) in [5.41, 5.74) is 5.85. The fourth-order valence-corrected chi connectivity index (χ4v) is 2.70. The Morgan fingerprint density at radius 2 is 2.05 bits per heavy atom. The maximum Gasteiger partial charge on any atom is 0.137 e. The van der Waals surface area contributed by atoms with E-state index in [-0.39, 0.29) is 0 Å². The summed E-state index contributed by atoms with van der Waals surface area (Å²) < 4.78 is 7.30. The summed E-state index contributed by atoms with van der Waals surface area (Å²) in [6.07, 6.45) is 2.30. The van der Waals surface area contributed by atoms with Crippen LogP contribution in [0, 0.1) is 25.2 Å². The Balaban J connectivity index is 2.23. The van der Waals surface area contributed by atoms with Gasteiger partial charge in [-0.1, -0.05) is 0 Å². The number of aryl methyl sites for hydroxylation is 2. The molecule has 4 heteroatoms. The molecule has 4 nitrogen and oxygen atoms in total. The number of rotatable bonds is 3. The number of imidazole rings is 1. The predicted octanol–water partition coefficient (Wildman–Crippen LogP) is 3.69. The zero-order valence-electron chi connectivity index (χ0n) is 12.9. The van der Waals surface area contributed by atoms with Crippen LogP contribution >= 0.6 is 0 Å². The van der Waals surface area contributed by atoms with Gasteiger partial charge in [0.1, 0.15) is 11.4 Å². The van der Waals surface area contributed by atoms with Crippen LogP contribution < -0.4 is 4.74 Å². The SMILES string of the molecule is COc1ccc(-c2nc3cc(C)ccn3c2CC#N)cc1C. The Hall–Kier alpha value is -2.80. The lowest BCUT2D eigenvalue weighted by atomic mass is 10.1. The number of nitrogens with zero attached hydrogens (tertiary/aromatic N) is 3. The summed E-state index contributed by atoms with van der Waals surface area (Å²) in [6, 6.07) is 12.3. The number of hydrogen-bond acceptors (Lipinski definition) is 3. The monoisotopic (exact) mass is 291 g/mol. The molecule has 110 valence electrons. The summed E-state index contributed by atoms with van der Waals surface area (Å²) in [7, 11) is 1.66. The molecule has 0 unspecified atom stereocenters. The van der Waals surface area contributed by atoms with Crippen molar-refractivity contribution < 1.29 is 4.74 Å². The smallest absolute Gasteiger partial charge is 0.137 e. The molecule has 0 saturated carbocycles. The first-order valence-electron chi connectivity index (χ1n) is 7.13. The van der Waals surface area contributed by atoms with Crippen molar-refractivity contribution in [2.24, 2.45) is 0 Å². The molecule has 0 spiro atoms. The topological polar surface area (TPSA) is 50.3 Å². The molecule has 0 N–H and O–H groups in total. The highest BCUT2D eigenvalue weighted by molar-refractivity contribution is 5.69. The fraction of sp³-hybridized carbons (Fsp3) is 0.222. The molecule has 3 rings (SSSR count).